The maximum Gasteiger partial charge on any atom is 0.347 e. The van der Waals surface area contributed by atoms with Crippen LogP contribution in [-0.4, -0.2) is 40.5 Å². The van der Waals surface area contributed by atoms with Crippen LogP contribution in [0.3, 0.4) is 0 Å². The standard InChI is InChI=1S/C29H26N4O5/c1-3-36-29(35)25-26(34)24(16-19-17-32-27-22(19)8-6-13-31-27)38-28(25)33-23-10-9-21(15-18(23)2)37-14-11-20-7-4-5-12-30-20/h4-10,12-13,15-17,33-34H,3,11,14H2,1-2H3. The highest BCUT2D eigenvalue weighted by molar-refractivity contribution is 6.21. The lowest BCUT2D eigenvalue weighted by atomic mass is 10.1. The molecule has 0 spiro atoms. The number of ether oxygens (including phenoxy) is 2. The summed E-state index contributed by atoms with van der Waals surface area (Å²) in [5.74, 6) is 0.426. The van der Waals surface area contributed by atoms with Crippen molar-refractivity contribution in [1.82, 2.24) is 9.97 Å². The second-order valence-corrected chi connectivity index (χ2v) is 8.49. The maximum absolute atomic E-state index is 12.7. The lowest BCUT2D eigenvalue weighted by molar-refractivity contribution is 0.0524. The maximum atomic E-state index is 12.7. The summed E-state index contributed by atoms with van der Waals surface area (Å²) >= 11 is 0. The monoisotopic (exact) mass is 510 g/mol. The number of nitrogens with one attached hydrogen (secondary N) is 1. The molecule has 0 amide bonds. The first kappa shape index (κ1) is 24.8. The molecule has 9 nitrogen and oxygen atoms in total. The Morgan fingerprint density at radius 3 is 2.79 bits per heavy atom. The molecule has 0 atom stereocenters. The normalized spacial score (nSPS) is 12.9. The molecule has 2 N–H and O–H groups in total. The van der Waals surface area contributed by atoms with Crippen LogP contribution in [0, 0.1) is 6.92 Å². The number of aromatic nitrogens is 2. The molecule has 1 aromatic carbocycles. The number of aryl methyl sites for hydroxylation is 1. The number of benzene rings is 1. The summed E-state index contributed by atoms with van der Waals surface area (Å²) in [5, 5.41) is 14.1. The molecule has 0 fully saturated rings. The van der Waals surface area contributed by atoms with Crippen LogP contribution in [0.1, 0.15) is 39.9 Å². The summed E-state index contributed by atoms with van der Waals surface area (Å²) in [7, 11) is 0. The Morgan fingerprint density at radius 1 is 1.13 bits per heavy atom. The first-order chi connectivity index (χ1) is 18.5. The van der Waals surface area contributed by atoms with Gasteiger partial charge < -0.3 is 24.3 Å². The highest BCUT2D eigenvalue weighted by Gasteiger charge is 2.27. The Balaban J connectivity index is 1.38. The van der Waals surface area contributed by atoms with Crippen molar-refractivity contribution in [3.8, 4) is 11.5 Å². The van der Waals surface area contributed by atoms with E-state index in [0.717, 1.165) is 16.8 Å². The van der Waals surface area contributed by atoms with E-state index in [1.54, 1.807) is 37.7 Å². The lowest BCUT2D eigenvalue weighted by Gasteiger charge is -2.12. The molecule has 0 saturated heterocycles. The first-order valence-corrected chi connectivity index (χ1v) is 12.2. The average molecular weight is 511 g/mol. The van der Waals surface area contributed by atoms with Gasteiger partial charge in [-0.15, -0.1) is 0 Å². The molecule has 0 unspecified atom stereocenters. The molecular formula is C29H26N4O5. The predicted octanol–water partition coefficient (Wildman–Crippen LogP) is 5.88. The van der Waals surface area contributed by atoms with Crippen LogP contribution in [-0.2, 0) is 11.2 Å². The Hall–Kier alpha value is -4.92. The number of hydrogen-bond acceptors (Lipinski definition) is 9. The van der Waals surface area contributed by atoms with Crippen LogP contribution < -0.4 is 10.1 Å². The average Bonchev–Trinajstić information content (AvgIpc) is 3.47. The van der Waals surface area contributed by atoms with E-state index in [0.29, 0.717) is 35.9 Å². The number of allylic oxidation sites excluding steroid dienone is 1. The fourth-order valence-electron chi connectivity index (χ4n) is 4.01. The number of aliphatic imine (C=N–C) groups is 1. The minimum atomic E-state index is -0.699. The lowest BCUT2D eigenvalue weighted by Crippen LogP contribution is -2.07. The zero-order chi connectivity index (χ0) is 26.5. The van der Waals surface area contributed by atoms with Gasteiger partial charge in [0.2, 0.25) is 5.88 Å². The van der Waals surface area contributed by atoms with E-state index < -0.39 is 5.97 Å². The van der Waals surface area contributed by atoms with E-state index in [9.17, 15) is 9.90 Å². The van der Waals surface area contributed by atoms with Gasteiger partial charge in [0.15, 0.2) is 22.9 Å². The predicted molar refractivity (Wildman–Crippen MR) is 144 cm³/mol. The van der Waals surface area contributed by atoms with Gasteiger partial charge in [0.05, 0.1) is 13.2 Å². The fourth-order valence-corrected chi connectivity index (χ4v) is 4.01. The van der Waals surface area contributed by atoms with Crippen LogP contribution in [0.4, 0.5) is 17.4 Å². The molecule has 5 rings (SSSR count). The molecule has 1 aliphatic rings. The zero-order valence-corrected chi connectivity index (χ0v) is 21.0. The third kappa shape index (κ3) is 5.27. The van der Waals surface area contributed by atoms with Crippen molar-refractivity contribution in [3.05, 3.63) is 89.1 Å². The van der Waals surface area contributed by atoms with Gasteiger partial charge in [-0.05, 0) is 68.0 Å². The van der Waals surface area contributed by atoms with Crippen molar-refractivity contribution in [2.24, 2.45) is 4.99 Å². The number of fused-ring (bicyclic) bond motifs is 1. The summed E-state index contributed by atoms with van der Waals surface area (Å²) < 4.78 is 17.0. The van der Waals surface area contributed by atoms with E-state index in [-0.39, 0.29) is 29.6 Å². The number of furan rings is 1. The summed E-state index contributed by atoms with van der Waals surface area (Å²) in [4.78, 5) is 25.5. The second kappa shape index (κ2) is 11.0. The molecule has 1 aliphatic heterocycles. The molecule has 0 bridgehead atoms. The van der Waals surface area contributed by atoms with E-state index in [4.69, 9.17) is 13.9 Å². The molecule has 4 heterocycles. The van der Waals surface area contributed by atoms with Crippen molar-refractivity contribution >= 4 is 41.2 Å². The van der Waals surface area contributed by atoms with Gasteiger partial charge in [-0.25, -0.2) is 14.8 Å². The van der Waals surface area contributed by atoms with Gasteiger partial charge in [-0.2, -0.15) is 0 Å². The van der Waals surface area contributed by atoms with Crippen LogP contribution in [0.5, 0.6) is 11.5 Å². The number of esters is 1. The number of nitrogens with zero attached hydrogens (tertiary/aromatic N) is 3. The van der Waals surface area contributed by atoms with Crippen LogP contribution in [0.25, 0.3) is 11.6 Å². The van der Waals surface area contributed by atoms with E-state index in [2.05, 4.69) is 20.3 Å². The quantitative estimate of drug-likeness (QED) is 0.268. The van der Waals surface area contributed by atoms with E-state index in [1.807, 2.05) is 49.4 Å². The SMILES string of the molecule is CCOC(=O)c1c(Nc2ccc(OCCc3ccccn3)cc2C)oc(C=C2C=Nc3ncccc32)c1O. The van der Waals surface area contributed by atoms with Crippen LogP contribution >= 0.6 is 0 Å². The van der Waals surface area contributed by atoms with Gasteiger partial charge in [-0.3, -0.25) is 4.98 Å². The number of rotatable bonds is 9. The summed E-state index contributed by atoms with van der Waals surface area (Å²) in [6.07, 6.45) is 7.36. The Bertz CT molecular complexity index is 1530. The number of anilines is 2. The van der Waals surface area contributed by atoms with Gasteiger partial charge in [-0.1, -0.05) is 6.07 Å². The van der Waals surface area contributed by atoms with Crippen molar-refractivity contribution < 1.29 is 23.8 Å². The van der Waals surface area contributed by atoms with Crippen LogP contribution in [0.15, 0.2) is 70.3 Å². The van der Waals surface area contributed by atoms with Gasteiger partial charge in [0.25, 0.3) is 0 Å². The van der Waals surface area contributed by atoms with Crippen molar-refractivity contribution in [1.29, 1.82) is 0 Å². The van der Waals surface area contributed by atoms with Crippen molar-refractivity contribution in [2.45, 2.75) is 20.3 Å². The second-order valence-electron chi connectivity index (χ2n) is 8.49. The van der Waals surface area contributed by atoms with E-state index in [1.165, 1.54) is 0 Å². The Morgan fingerprint density at radius 2 is 2.00 bits per heavy atom. The number of carbonyl (C=O) groups is 1. The Labute approximate surface area is 219 Å². The Kier molecular flexibility index (Phi) is 7.17. The number of hydrogen-bond donors (Lipinski definition) is 2. The smallest absolute Gasteiger partial charge is 0.347 e. The molecule has 0 saturated carbocycles. The molecular weight excluding hydrogens is 484 g/mol. The van der Waals surface area contributed by atoms with Gasteiger partial charge >= 0.3 is 5.97 Å². The molecule has 192 valence electrons. The van der Waals surface area contributed by atoms with Crippen molar-refractivity contribution in [2.75, 3.05) is 18.5 Å². The van der Waals surface area contributed by atoms with Crippen LogP contribution in [0.2, 0.25) is 0 Å². The minimum absolute atomic E-state index is 0.0704. The minimum Gasteiger partial charge on any atom is -0.504 e. The molecule has 9 heteroatoms. The summed E-state index contributed by atoms with van der Waals surface area (Å²) in [6.45, 7) is 4.24. The zero-order valence-electron chi connectivity index (χ0n) is 21.0. The molecule has 0 aliphatic carbocycles. The molecule has 0 radical (unpaired) electrons. The third-order valence-corrected chi connectivity index (χ3v) is 5.90. The number of aromatic hydroxyl groups is 1. The highest BCUT2D eigenvalue weighted by atomic mass is 16.5. The third-order valence-electron chi connectivity index (χ3n) is 5.90. The highest BCUT2D eigenvalue weighted by Crippen LogP contribution is 2.40. The summed E-state index contributed by atoms with van der Waals surface area (Å²) in [6, 6.07) is 15.0. The molecule has 38 heavy (non-hydrogen) atoms. The largest absolute Gasteiger partial charge is 0.504 e. The van der Waals surface area contributed by atoms with Gasteiger partial charge in [0.1, 0.15) is 5.75 Å². The fraction of sp³-hybridized carbons (Fsp3) is 0.172. The van der Waals surface area contributed by atoms with Crippen molar-refractivity contribution in [3.63, 3.8) is 0 Å². The topological polar surface area (TPSA) is 119 Å². The van der Waals surface area contributed by atoms with E-state index >= 15 is 0 Å². The number of pyridine rings is 2. The van der Waals surface area contributed by atoms with Gasteiger partial charge in [0, 0.05) is 47.5 Å². The molecule has 4 aromatic rings. The molecule has 3 aromatic heterocycles. The number of carbonyl (C=O) groups excluding carboxylic acids is 1. The first-order valence-electron chi connectivity index (χ1n) is 12.2. The summed E-state index contributed by atoms with van der Waals surface area (Å²) in [5.41, 5.74) is 3.90.